The number of morpholine rings is 1. The van der Waals surface area contributed by atoms with E-state index in [1.54, 1.807) is 0 Å². The van der Waals surface area contributed by atoms with E-state index in [-0.39, 0.29) is 11.7 Å². The third kappa shape index (κ3) is 5.46. The van der Waals surface area contributed by atoms with Crippen LogP contribution >= 0.6 is 11.8 Å². The number of ether oxygens (including phenoxy) is 2. The van der Waals surface area contributed by atoms with Crippen molar-refractivity contribution >= 4 is 23.4 Å². The highest BCUT2D eigenvalue weighted by Gasteiger charge is 2.18. The standard InChI is InChI=1S/C19H27N5O3S/c1-3-24-17(13-23-9-11-26-12-10-23)21-22-19(24)28-14-18(25)20-15-7-5-6-8-16(15)27-4-2/h5-8H,3-4,9-14H2,1-2H3,(H,20,25). The van der Waals surface area contributed by atoms with E-state index in [9.17, 15) is 4.79 Å². The first-order chi connectivity index (χ1) is 13.7. The van der Waals surface area contributed by atoms with Gasteiger partial charge in [0, 0.05) is 19.6 Å². The molecule has 1 saturated heterocycles. The van der Waals surface area contributed by atoms with Gasteiger partial charge in [-0.1, -0.05) is 23.9 Å². The second-order valence-electron chi connectivity index (χ2n) is 6.30. The van der Waals surface area contributed by atoms with Crippen LogP contribution in [0.1, 0.15) is 19.7 Å². The number of aromatic nitrogens is 3. The van der Waals surface area contributed by atoms with E-state index >= 15 is 0 Å². The monoisotopic (exact) mass is 405 g/mol. The minimum atomic E-state index is -0.0995. The summed E-state index contributed by atoms with van der Waals surface area (Å²) in [4.78, 5) is 14.7. The average Bonchev–Trinajstić information content (AvgIpc) is 3.10. The van der Waals surface area contributed by atoms with Gasteiger partial charge in [0.15, 0.2) is 5.16 Å². The zero-order chi connectivity index (χ0) is 19.8. The van der Waals surface area contributed by atoms with Crippen molar-refractivity contribution in [2.24, 2.45) is 0 Å². The van der Waals surface area contributed by atoms with Gasteiger partial charge in [0.05, 0.1) is 37.8 Å². The molecule has 0 atom stereocenters. The molecule has 1 fully saturated rings. The Morgan fingerprint density at radius 2 is 2.04 bits per heavy atom. The molecule has 0 bridgehead atoms. The van der Waals surface area contributed by atoms with Gasteiger partial charge in [-0.3, -0.25) is 9.69 Å². The maximum Gasteiger partial charge on any atom is 0.234 e. The van der Waals surface area contributed by atoms with Crippen LogP contribution in [-0.4, -0.2) is 64.2 Å². The number of carbonyl (C=O) groups excluding carboxylic acids is 1. The molecule has 0 radical (unpaired) electrons. The van der Waals surface area contributed by atoms with E-state index in [1.165, 1.54) is 11.8 Å². The van der Waals surface area contributed by atoms with E-state index in [0.717, 1.165) is 50.4 Å². The Morgan fingerprint density at radius 3 is 2.79 bits per heavy atom. The van der Waals surface area contributed by atoms with Crippen molar-refractivity contribution in [3.05, 3.63) is 30.1 Å². The van der Waals surface area contributed by atoms with Crippen LogP contribution in [0.3, 0.4) is 0 Å². The van der Waals surface area contributed by atoms with Crippen molar-refractivity contribution in [3.8, 4) is 5.75 Å². The number of carbonyl (C=O) groups is 1. The highest BCUT2D eigenvalue weighted by Crippen LogP contribution is 2.24. The van der Waals surface area contributed by atoms with Crippen LogP contribution in [0.2, 0.25) is 0 Å². The number of para-hydroxylation sites is 2. The molecular formula is C19H27N5O3S. The topological polar surface area (TPSA) is 81.5 Å². The number of amides is 1. The fraction of sp³-hybridized carbons (Fsp3) is 0.526. The summed E-state index contributed by atoms with van der Waals surface area (Å²) in [5.74, 6) is 1.76. The predicted molar refractivity (Wildman–Crippen MR) is 109 cm³/mol. The third-order valence-corrected chi connectivity index (χ3v) is 5.34. The number of benzene rings is 1. The van der Waals surface area contributed by atoms with Gasteiger partial charge in [-0.15, -0.1) is 10.2 Å². The van der Waals surface area contributed by atoms with Crippen LogP contribution in [0, 0.1) is 0 Å². The van der Waals surface area contributed by atoms with Gasteiger partial charge in [-0.05, 0) is 26.0 Å². The second-order valence-corrected chi connectivity index (χ2v) is 7.24. The van der Waals surface area contributed by atoms with Crippen LogP contribution in [0.15, 0.2) is 29.4 Å². The molecule has 0 unspecified atom stereocenters. The minimum Gasteiger partial charge on any atom is -0.492 e. The number of nitrogens with one attached hydrogen (secondary N) is 1. The van der Waals surface area contributed by atoms with E-state index in [2.05, 4.69) is 31.9 Å². The van der Waals surface area contributed by atoms with Crippen molar-refractivity contribution in [1.29, 1.82) is 0 Å². The summed E-state index contributed by atoms with van der Waals surface area (Å²) in [7, 11) is 0. The fourth-order valence-electron chi connectivity index (χ4n) is 2.99. The van der Waals surface area contributed by atoms with E-state index in [4.69, 9.17) is 9.47 Å². The summed E-state index contributed by atoms with van der Waals surface area (Å²) in [5, 5.41) is 12.3. The molecule has 9 heteroatoms. The first-order valence-electron chi connectivity index (χ1n) is 9.58. The van der Waals surface area contributed by atoms with Gasteiger partial charge in [0.1, 0.15) is 11.6 Å². The van der Waals surface area contributed by atoms with E-state index < -0.39 is 0 Å². The lowest BCUT2D eigenvalue weighted by molar-refractivity contribution is -0.113. The Labute approximate surface area is 169 Å². The van der Waals surface area contributed by atoms with Crippen LogP contribution in [0.5, 0.6) is 5.75 Å². The second kappa shape index (κ2) is 10.4. The Balaban J connectivity index is 1.57. The molecule has 152 valence electrons. The van der Waals surface area contributed by atoms with Crippen molar-refractivity contribution in [2.75, 3.05) is 44.0 Å². The first-order valence-corrected chi connectivity index (χ1v) is 10.6. The molecule has 2 aromatic rings. The molecule has 1 aliphatic heterocycles. The molecule has 0 saturated carbocycles. The van der Waals surface area contributed by atoms with Gasteiger partial charge in [-0.2, -0.15) is 0 Å². The molecule has 8 nitrogen and oxygen atoms in total. The molecule has 0 aliphatic carbocycles. The van der Waals surface area contributed by atoms with Gasteiger partial charge in [0.2, 0.25) is 5.91 Å². The Bertz CT molecular complexity index is 777. The largest absolute Gasteiger partial charge is 0.492 e. The zero-order valence-corrected chi connectivity index (χ0v) is 17.2. The van der Waals surface area contributed by atoms with Crippen molar-refractivity contribution in [1.82, 2.24) is 19.7 Å². The summed E-state index contributed by atoms with van der Waals surface area (Å²) in [6.07, 6.45) is 0. The molecule has 1 N–H and O–H groups in total. The van der Waals surface area contributed by atoms with Crippen molar-refractivity contribution < 1.29 is 14.3 Å². The normalized spacial score (nSPS) is 14.8. The lowest BCUT2D eigenvalue weighted by atomic mass is 10.3. The molecular weight excluding hydrogens is 378 g/mol. The first kappa shape index (κ1) is 20.6. The van der Waals surface area contributed by atoms with E-state index in [1.807, 2.05) is 31.2 Å². The highest BCUT2D eigenvalue weighted by molar-refractivity contribution is 7.99. The number of hydrogen-bond donors (Lipinski definition) is 1. The summed E-state index contributed by atoms with van der Waals surface area (Å²) in [5.41, 5.74) is 0.680. The SMILES string of the molecule is CCOc1ccccc1NC(=O)CSc1nnc(CN2CCOCC2)n1CC. The average molecular weight is 406 g/mol. The molecule has 1 amide bonds. The Hall–Kier alpha value is -2.10. The molecule has 1 aromatic heterocycles. The molecule has 28 heavy (non-hydrogen) atoms. The van der Waals surface area contributed by atoms with Crippen LogP contribution in [-0.2, 0) is 22.6 Å². The summed E-state index contributed by atoms with van der Waals surface area (Å²) in [6, 6.07) is 7.44. The van der Waals surface area contributed by atoms with Gasteiger partial charge in [-0.25, -0.2) is 0 Å². The number of anilines is 1. The maximum atomic E-state index is 12.4. The van der Waals surface area contributed by atoms with Gasteiger partial charge in [0.25, 0.3) is 0 Å². The molecule has 3 rings (SSSR count). The number of thioether (sulfide) groups is 1. The number of nitrogens with zero attached hydrogens (tertiary/aromatic N) is 4. The highest BCUT2D eigenvalue weighted by atomic mass is 32.2. The van der Waals surface area contributed by atoms with Gasteiger partial charge >= 0.3 is 0 Å². The van der Waals surface area contributed by atoms with Gasteiger partial charge < -0.3 is 19.4 Å². The Kier molecular flexibility index (Phi) is 7.70. The summed E-state index contributed by atoms with van der Waals surface area (Å²) < 4.78 is 13.0. The van der Waals surface area contributed by atoms with E-state index in [0.29, 0.717) is 18.0 Å². The fourth-order valence-corrected chi connectivity index (χ4v) is 3.81. The zero-order valence-electron chi connectivity index (χ0n) is 16.4. The predicted octanol–water partition coefficient (Wildman–Crippen LogP) is 2.26. The van der Waals surface area contributed by atoms with Crippen LogP contribution < -0.4 is 10.1 Å². The molecule has 1 aromatic carbocycles. The quantitative estimate of drug-likeness (QED) is 0.641. The smallest absolute Gasteiger partial charge is 0.234 e. The van der Waals surface area contributed by atoms with Crippen molar-refractivity contribution in [2.45, 2.75) is 32.1 Å². The lowest BCUT2D eigenvalue weighted by Gasteiger charge is -2.26. The summed E-state index contributed by atoms with van der Waals surface area (Å²) >= 11 is 1.39. The third-order valence-electron chi connectivity index (χ3n) is 4.37. The summed E-state index contributed by atoms with van der Waals surface area (Å²) in [6.45, 7) is 9.36. The molecule has 2 heterocycles. The van der Waals surface area contributed by atoms with Crippen molar-refractivity contribution in [3.63, 3.8) is 0 Å². The van der Waals surface area contributed by atoms with Crippen LogP contribution in [0.4, 0.5) is 5.69 Å². The maximum absolute atomic E-state index is 12.4. The number of rotatable bonds is 9. The minimum absolute atomic E-state index is 0.0995. The van der Waals surface area contributed by atoms with Crippen LogP contribution in [0.25, 0.3) is 0 Å². The Morgan fingerprint density at radius 1 is 1.25 bits per heavy atom. The molecule has 0 spiro atoms. The molecule has 1 aliphatic rings. The number of hydrogen-bond acceptors (Lipinski definition) is 7. The lowest BCUT2D eigenvalue weighted by Crippen LogP contribution is -2.36.